The van der Waals surface area contributed by atoms with Crippen molar-refractivity contribution in [2.24, 2.45) is 0 Å². The van der Waals surface area contributed by atoms with Crippen LogP contribution in [-0.2, 0) is 6.54 Å². The van der Waals surface area contributed by atoms with Gasteiger partial charge in [0.15, 0.2) is 0 Å². The van der Waals surface area contributed by atoms with Crippen LogP contribution in [0.25, 0.3) is 0 Å². The first-order valence-corrected chi connectivity index (χ1v) is 8.59. The van der Waals surface area contributed by atoms with Crippen LogP contribution in [0.3, 0.4) is 0 Å². The van der Waals surface area contributed by atoms with Crippen molar-refractivity contribution in [2.75, 3.05) is 0 Å². The van der Waals surface area contributed by atoms with Crippen molar-refractivity contribution in [3.8, 4) is 5.75 Å². The van der Waals surface area contributed by atoms with Gasteiger partial charge < -0.3 is 5.11 Å². The first-order chi connectivity index (χ1) is 10.5. The average molecular weight is 315 g/mol. The standard InChI is InChI=1S/C19H25NOS/c1-14(2)20(15(3)4)13-16-7-5-6-8-19(16)22-18-11-9-17(21)10-12-18/h5-12,14-15,21H,13H2,1-4H3. The molecule has 0 heterocycles. The second-order valence-electron chi connectivity index (χ2n) is 6.06. The Bertz CT molecular complexity index is 585. The Morgan fingerprint density at radius 2 is 1.50 bits per heavy atom. The highest BCUT2D eigenvalue weighted by atomic mass is 32.2. The van der Waals surface area contributed by atoms with Gasteiger partial charge >= 0.3 is 0 Å². The molecule has 22 heavy (non-hydrogen) atoms. The fraction of sp³-hybridized carbons (Fsp3) is 0.368. The van der Waals surface area contributed by atoms with Crippen molar-refractivity contribution >= 4 is 11.8 Å². The summed E-state index contributed by atoms with van der Waals surface area (Å²) in [6, 6.07) is 17.0. The molecule has 0 atom stereocenters. The topological polar surface area (TPSA) is 23.5 Å². The smallest absolute Gasteiger partial charge is 0.115 e. The van der Waals surface area contributed by atoms with Gasteiger partial charge in [-0.15, -0.1) is 0 Å². The van der Waals surface area contributed by atoms with Gasteiger partial charge in [-0.3, -0.25) is 4.90 Å². The minimum Gasteiger partial charge on any atom is -0.508 e. The Kier molecular flexibility index (Phi) is 5.92. The second-order valence-corrected chi connectivity index (χ2v) is 7.18. The minimum atomic E-state index is 0.309. The third-order valence-electron chi connectivity index (χ3n) is 3.72. The fourth-order valence-corrected chi connectivity index (χ4v) is 3.47. The lowest BCUT2D eigenvalue weighted by molar-refractivity contribution is 0.165. The molecule has 3 heteroatoms. The maximum absolute atomic E-state index is 9.40. The highest BCUT2D eigenvalue weighted by molar-refractivity contribution is 7.99. The van der Waals surface area contributed by atoms with Gasteiger partial charge in [0, 0.05) is 28.4 Å². The predicted molar refractivity (Wildman–Crippen MR) is 94.5 cm³/mol. The monoisotopic (exact) mass is 315 g/mol. The normalized spacial score (nSPS) is 11.6. The Labute approximate surface area is 138 Å². The summed E-state index contributed by atoms with van der Waals surface area (Å²) in [6.45, 7) is 9.94. The van der Waals surface area contributed by atoms with E-state index in [1.807, 2.05) is 12.1 Å². The van der Waals surface area contributed by atoms with E-state index in [9.17, 15) is 5.11 Å². The molecule has 0 unspecified atom stereocenters. The number of phenols is 1. The van der Waals surface area contributed by atoms with Crippen molar-refractivity contribution in [3.05, 3.63) is 54.1 Å². The number of aromatic hydroxyl groups is 1. The van der Waals surface area contributed by atoms with E-state index >= 15 is 0 Å². The number of hydrogen-bond donors (Lipinski definition) is 1. The van der Waals surface area contributed by atoms with E-state index in [4.69, 9.17) is 0 Å². The molecule has 1 N–H and O–H groups in total. The number of nitrogens with zero attached hydrogens (tertiary/aromatic N) is 1. The van der Waals surface area contributed by atoms with Crippen LogP contribution in [0.1, 0.15) is 33.3 Å². The zero-order valence-corrected chi connectivity index (χ0v) is 14.6. The molecule has 0 saturated carbocycles. The quantitative estimate of drug-likeness (QED) is 0.796. The van der Waals surface area contributed by atoms with Crippen molar-refractivity contribution in [1.29, 1.82) is 0 Å². The van der Waals surface area contributed by atoms with E-state index in [-0.39, 0.29) is 0 Å². The summed E-state index contributed by atoms with van der Waals surface area (Å²) in [5, 5.41) is 9.40. The molecule has 0 bridgehead atoms. The Morgan fingerprint density at radius 3 is 2.09 bits per heavy atom. The van der Waals surface area contributed by atoms with Gasteiger partial charge in [-0.1, -0.05) is 30.0 Å². The number of hydrogen-bond acceptors (Lipinski definition) is 3. The van der Waals surface area contributed by atoms with Gasteiger partial charge in [0.2, 0.25) is 0 Å². The highest BCUT2D eigenvalue weighted by Gasteiger charge is 2.15. The average Bonchev–Trinajstić information content (AvgIpc) is 2.48. The molecule has 0 spiro atoms. The molecule has 2 aromatic carbocycles. The first-order valence-electron chi connectivity index (χ1n) is 7.78. The second kappa shape index (κ2) is 7.70. The molecule has 2 nitrogen and oxygen atoms in total. The summed E-state index contributed by atoms with van der Waals surface area (Å²) < 4.78 is 0. The first kappa shape index (κ1) is 16.9. The van der Waals surface area contributed by atoms with E-state index in [1.165, 1.54) is 10.5 Å². The van der Waals surface area contributed by atoms with Crippen molar-refractivity contribution in [2.45, 2.75) is 56.1 Å². The van der Waals surface area contributed by atoms with Gasteiger partial charge in [-0.25, -0.2) is 0 Å². The fourth-order valence-electron chi connectivity index (χ4n) is 2.53. The predicted octanol–water partition coefficient (Wildman–Crippen LogP) is 5.16. The number of rotatable bonds is 6. The van der Waals surface area contributed by atoms with Gasteiger partial charge in [0.1, 0.15) is 5.75 Å². The van der Waals surface area contributed by atoms with Crippen LogP contribution in [0, 0.1) is 0 Å². The molecule has 0 aromatic heterocycles. The largest absolute Gasteiger partial charge is 0.508 e. The highest BCUT2D eigenvalue weighted by Crippen LogP contribution is 2.32. The molecule has 0 radical (unpaired) electrons. The van der Waals surface area contributed by atoms with Crippen molar-refractivity contribution in [1.82, 2.24) is 4.90 Å². The minimum absolute atomic E-state index is 0.309. The molecular weight excluding hydrogens is 290 g/mol. The third-order valence-corrected chi connectivity index (χ3v) is 4.84. The van der Waals surface area contributed by atoms with E-state index in [2.05, 4.69) is 56.9 Å². The lowest BCUT2D eigenvalue weighted by Gasteiger charge is -2.31. The molecule has 118 valence electrons. The lowest BCUT2D eigenvalue weighted by atomic mass is 10.1. The molecule has 0 aliphatic carbocycles. The summed E-state index contributed by atoms with van der Waals surface area (Å²) in [4.78, 5) is 4.92. The maximum atomic E-state index is 9.40. The summed E-state index contributed by atoms with van der Waals surface area (Å²) in [6.07, 6.45) is 0. The Balaban J connectivity index is 2.21. The van der Waals surface area contributed by atoms with Gasteiger partial charge in [-0.05, 0) is 63.6 Å². The van der Waals surface area contributed by atoms with E-state index in [0.717, 1.165) is 11.4 Å². The molecule has 2 aromatic rings. The molecule has 0 saturated heterocycles. The SMILES string of the molecule is CC(C)N(Cc1ccccc1Sc1ccc(O)cc1)C(C)C. The van der Waals surface area contributed by atoms with Gasteiger partial charge in [0.05, 0.1) is 0 Å². The number of phenolic OH excluding ortho intramolecular Hbond substituents is 1. The summed E-state index contributed by atoms with van der Waals surface area (Å²) >= 11 is 1.75. The van der Waals surface area contributed by atoms with Crippen molar-refractivity contribution in [3.63, 3.8) is 0 Å². The van der Waals surface area contributed by atoms with Crippen LogP contribution in [0.15, 0.2) is 58.3 Å². The van der Waals surface area contributed by atoms with Crippen LogP contribution in [0.4, 0.5) is 0 Å². The molecule has 0 aliphatic heterocycles. The number of benzene rings is 2. The summed E-state index contributed by atoms with van der Waals surface area (Å²) in [7, 11) is 0. The van der Waals surface area contributed by atoms with E-state index < -0.39 is 0 Å². The van der Waals surface area contributed by atoms with Crippen LogP contribution in [0.5, 0.6) is 5.75 Å². The zero-order chi connectivity index (χ0) is 16.1. The van der Waals surface area contributed by atoms with Crippen LogP contribution < -0.4 is 0 Å². The summed E-state index contributed by atoms with van der Waals surface area (Å²) in [5.41, 5.74) is 1.35. The molecule has 0 aliphatic rings. The lowest BCUT2D eigenvalue weighted by Crippen LogP contribution is -2.36. The van der Waals surface area contributed by atoms with Crippen molar-refractivity contribution < 1.29 is 5.11 Å². The molecule has 0 fully saturated rings. The van der Waals surface area contributed by atoms with Gasteiger partial charge in [-0.2, -0.15) is 0 Å². The molecular formula is C19H25NOS. The van der Waals surface area contributed by atoms with Crippen LogP contribution in [-0.4, -0.2) is 22.1 Å². The van der Waals surface area contributed by atoms with Crippen LogP contribution >= 0.6 is 11.8 Å². The van der Waals surface area contributed by atoms with E-state index in [0.29, 0.717) is 17.8 Å². The Hall–Kier alpha value is -1.45. The molecule has 2 rings (SSSR count). The van der Waals surface area contributed by atoms with Gasteiger partial charge in [0.25, 0.3) is 0 Å². The zero-order valence-electron chi connectivity index (χ0n) is 13.8. The summed E-state index contributed by atoms with van der Waals surface area (Å²) in [5.74, 6) is 0.309. The van der Waals surface area contributed by atoms with E-state index in [1.54, 1.807) is 23.9 Å². The maximum Gasteiger partial charge on any atom is 0.115 e. The third kappa shape index (κ3) is 4.52. The van der Waals surface area contributed by atoms with Crippen LogP contribution in [0.2, 0.25) is 0 Å². The molecule has 0 amide bonds. The Morgan fingerprint density at radius 1 is 0.909 bits per heavy atom.